The number of sulfone groups is 1. The summed E-state index contributed by atoms with van der Waals surface area (Å²) in [6.45, 7) is 1.85. The maximum Gasteiger partial charge on any atom is 0.258 e. The minimum Gasteiger partial charge on any atom is -0.324 e. The van der Waals surface area contributed by atoms with E-state index in [0.717, 1.165) is 0 Å². The summed E-state index contributed by atoms with van der Waals surface area (Å²) in [5.74, 6) is -1.53. The van der Waals surface area contributed by atoms with Gasteiger partial charge in [0, 0.05) is 23.2 Å². The van der Waals surface area contributed by atoms with Gasteiger partial charge in [-0.1, -0.05) is 31.2 Å². The van der Waals surface area contributed by atoms with Gasteiger partial charge in [0.1, 0.15) is 0 Å². The average Bonchev–Trinajstić information content (AvgIpc) is 2.93. The molecule has 0 aromatic heterocycles. The summed E-state index contributed by atoms with van der Waals surface area (Å²) in [5.41, 5.74) is 1.32. The minimum atomic E-state index is -3.97. The van der Waals surface area contributed by atoms with Crippen molar-refractivity contribution < 1.29 is 22.8 Å². The van der Waals surface area contributed by atoms with E-state index in [9.17, 15) is 22.8 Å². The second kappa shape index (κ2) is 7.13. The number of anilines is 2. The Labute approximate surface area is 184 Å². The molecule has 3 aromatic rings. The van der Waals surface area contributed by atoms with Gasteiger partial charge in [-0.25, -0.2) is 8.42 Å². The Morgan fingerprint density at radius 1 is 0.938 bits per heavy atom. The number of hydrogen-bond acceptors (Lipinski definition) is 5. The first kappa shape index (κ1) is 20.1. The Hall–Kier alpha value is -3.78. The highest BCUT2D eigenvalue weighted by molar-refractivity contribution is 7.91. The highest BCUT2D eigenvalue weighted by Gasteiger charge is 2.36. The molecule has 0 fully saturated rings. The molecule has 2 amide bonds. The van der Waals surface area contributed by atoms with E-state index in [1.807, 2.05) is 0 Å². The van der Waals surface area contributed by atoms with Crippen molar-refractivity contribution in [2.75, 3.05) is 16.8 Å². The van der Waals surface area contributed by atoms with Crippen LogP contribution in [0.4, 0.5) is 11.4 Å². The standard InChI is InChI=1S/C24H18N2O5S/c1-14-13-26(19-8-4-3-7-18(19)25-23(14)28)24(29)15-10-11-17-21(12-15)32(30,31)20-9-5-2-6-16(20)22(17)27/h2-12,14H,13H2,1H3,(H,25,28). The van der Waals surface area contributed by atoms with Gasteiger partial charge in [-0.3, -0.25) is 14.4 Å². The number of nitrogens with zero attached hydrogens (tertiary/aromatic N) is 1. The quantitative estimate of drug-likeness (QED) is 0.484. The number of benzene rings is 3. The van der Waals surface area contributed by atoms with Crippen LogP contribution >= 0.6 is 0 Å². The molecule has 8 heteroatoms. The predicted octanol–water partition coefficient (Wildman–Crippen LogP) is 3.30. The van der Waals surface area contributed by atoms with Crippen LogP contribution in [0.15, 0.2) is 76.5 Å². The number of rotatable bonds is 1. The lowest BCUT2D eigenvalue weighted by Gasteiger charge is -2.25. The average molecular weight is 446 g/mol. The lowest BCUT2D eigenvalue weighted by Crippen LogP contribution is -2.36. The number of carbonyl (C=O) groups excluding carboxylic acids is 3. The number of fused-ring (bicyclic) bond motifs is 3. The zero-order chi connectivity index (χ0) is 22.6. The zero-order valence-corrected chi connectivity index (χ0v) is 17.8. The van der Waals surface area contributed by atoms with E-state index in [2.05, 4.69) is 5.32 Å². The second-order valence-electron chi connectivity index (χ2n) is 7.86. The number of ketones is 1. The van der Waals surface area contributed by atoms with E-state index in [-0.39, 0.29) is 38.9 Å². The van der Waals surface area contributed by atoms with E-state index >= 15 is 0 Å². The maximum absolute atomic E-state index is 13.5. The molecule has 2 aliphatic rings. The molecule has 0 spiro atoms. The van der Waals surface area contributed by atoms with Gasteiger partial charge in [0.15, 0.2) is 5.78 Å². The van der Waals surface area contributed by atoms with Crippen LogP contribution in [0.1, 0.15) is 33.2 Å². The highest BCUT2D eigenvalue weighted by Crippen LogP contribution is 2.36. The first-order valence-corrected chi connectivity index (χ1v) is 11.5. The van der Waals surface area contributed by atoms with Crippen molar-refractivity contribution >= 4 is 38.8 Å². The van der Waals surface area contributed by atoms with Gasteiger partial charge in [0.2, 0.25) is 15.7 Å². The van der Waals surface area contributed by atoms with Gasteiger partial charge < -0.3 is 10.2 Å². The first-order valence-electron chi connectivity index (χ1n) is 10.0. The molecule has 7 nitrogen and oxygen atoms in total. The van der Waals surface area contributed by atoms with Gasteiger partial charge in [0.05, 0.1) is 27.1 Å². The fourth-order valence-corrected chi connectivity index (χ4v) is 5.77. The molecular formula is C24H18N2O5S. The molecule has 1 atom stereocenters. The molecule has 0 radical (unpaired) electrons. The molecule has 1 unspecified atom stereocenters. The molecule has 2 heterocycles. The predicted molar refractivity (Wildman–Crippen MR) is 118 cm³/mol. The lowest BCUT2D eigenvalue weighted by atomic mass is 10.0. The van der Waals surface area contributed by atoms with Crippen molar-refractivity contribution in [3.8, 4) is 0 Å². The van der Waals surface area contributed by atoms with Crippen LogP contribution in [0.2, 0.25) is 0 Å². The molecule has 2 aliphatic heterocycles. The Balaban J connectivity index is 1.62. The number of para-hydroxylation sites is 2. The summed E-state index contributed by atoms with van der Waals surface area (Å²) >= 11 is 0. The summed E-state index contributed by atoms with van der Waals surface area (Å²) in [7, 11) is -3.97. The topological polar surface area (TPSA) is 101 Å². The molecule has 0 aliphatic carbocycles. The van der Waals surface area contributed by atoms with Crippen molar-refractivity contribution in [2.24, 2.45) is 5.92 Å². The van der Waals surface area contributed by atoms with Crippen molar-refractivity contribution in [3.05, 3.63) is 83.4 Å². The number of nitrogens with one attached hydrogen (secondary N) is 1. The van der Waals surface area contributed by atoms with Crippen LogP contribution in [0.5, 0.6) is 0 Å². The molecule has 0 bridgehead atoms. The SMILES string of the molecule is CC1CN(C(=O)c2ccc3c(c2)S(=O)(=O)c2ccccc2C3=O)c2ccccc2NC1=O. The van der Waals surface area contributed by atoms with Crippen LogP contribution in [-0.2, 0) is 14.6 Å². The second-order valence-corrected chi connectivity index (χ2v) is 9.75. The Kier molecular flexibility index (Phi) is 4.49. The first-order chi connectivity index (χ1) is 15.3. The maximum atomic E-state index is 13.5. The number of hydrogen-bond donors (Lipinski definition) is 1. The van der Waals surface area contributed by atoms with Gasteiger partial charge >= 0.3 is 0 Å². The molecule has 0 saturated carbocycles. The van der Waals surface area contributed by atoms with Gasteiger partial charge in [-0.05, 0) is 42.5 Å². The van der Waals surface area contributed by atoms with Gasteiger partial charge in [-0.15, -0.1) is 0 Å². The zero-order valence-electron chi connectivity index (χ0n) is 17.0. The van der Waals surface area contributed by atoms with Crippen LogP contribution in [0, 0.1) is 5.92 Å². The third kappa shape index (κ3) is 2.95. The van der Waals surface area contributed by atoms with E-state index < -0.39 is 27.4 Å². The fourth-order valence-electron chi connectivity index (χ4n) is 4.09. The molecular weight excluding hydrogens is 428 g/mol. The summed E-state index contributed by atoms with van der Waals surface area (Å²) in [6, 6.07) is 17.1. The summed E-state index contributed by atoms with van der Waals surface area (Å²) in [5, 5.41) is 2.81. The van der Waals surface area contributed by atoms with E-state index in [4.69, 9.17) is 0 Å². The third-order valence-electron chi connectivity index (χ3n) is 5.79. The van der Waals surface area contributed by atoms with Crippen molar-refractivity contribution in [2.45, 2.75) is 16.7 Å². The van der Waals surface area contributed by atoms with Crippen LogP contribution in [0.25, 0.3) is 0 Å². The van der Waals surface area contributed by atoms with E-state index in [0.29, 0.717) is 11.4 Å². The normalized spacial score (nSPS) is 18.7. The monoisotopic (exact) mass is 446 g/mol. The highest BCUT2D eigenvalue weighted by atomic mass is 32.2. The van der Waals surface area contributed by atoms with Crippen molar-refractivity contribution in [1.82, 2.24) is 0 Å². The lowest BCUT2D eigenvalue weighted by molar-refractivity contribution is -0.119. The molecule has 0 saturated heterocycles. The van der Waals surface area contributed by atoms with Gasteiger partial charge in [0.25, 0.3) is 5.91 Å². The molecule has 3 aromatic carbocycles. The summed E-state index contributed by atoms with van der Waals surface area (Å²) < 4.78 is 26.4. The fraction of sp³-hybridized carbons (Fsp3) is 0.125. The van der Waals surface area contributed by atoms with Crippen molar-refractivity contribution in [3.63, 3.8) is 0 Å². The van der Waals surface area contributed by atoms with E-state index in [1.165, 1.54) is 35.2 Å². The van der Waals surface area contributed by atoms with Crippen LogP contribution in [-0.4, -0.2) is 32.6 Å². The smallest absolute Gasteiger partial charge is 0.258 e. The Morgan fingerprint density at radius 3 is 2.44 bits per heavy atom. The molecule has 32 heavy (non-hydrogen) atoms. The third-order valence-corrected chi connectivity index (χ3v) is 7.64. The number of carbonyl (C=O) groups is 3. The minimum absolute atomic E-state index is 0.0433. The summed E-state index contributed by atoms with van der Waals surface area (Å²) in [6.07, 6.45) is 0. The Bertz CT molecular complexity index is 1430. The van der Waals surface area contributed by atoms with E-state index in [1.54, 1.807) is 43.3 Å². The molecule has 1 N–H and O–H groups in total. The summed E-state index contributed by atoms with van der Waals surface area (Å²) in [4.78, 5) is 39.9. The van der Waals surface area contributed by atoms with Crippen LogP contribution in [0.3, 0.4) is 0 Å². The van der Waals surface area contributed by atoms with Crippen molar-refractivity contribution in [1.29, 1.82) is 0 Å². The van der Waals surface area contributed by atoms with Crippen LogP contribution < -0.4 is 10.2 Å². The molecule has 5 rings (SSSR count). The Morgan fingerprint density at radius 2 is 1.62 bits per heavy atom. The molecule has 160 valence electrons. The largest absolute Gasteiger partial charge is 0.324 e. The number of amides is 2. The van der Waals surface area contributed by atoms with Gasteiger partial charge in [-0.2, -0.15) is 0 Å².